The van der Waals surface area contributed by atoms with E-state index < -0.39 is 0 Å². The molecule has 1 heteroatoms. The lowest BCUT2D eigenvalue weighted by Gasteiger charge is -2.30. The van der Waals surface area contributed by atoms with Gasteiger partial charge in [0.25, 0.3) is 0 Å². The Morgan fingerprint density at radius 1 is 0.373 bits per heavy atom. The number of fused-ring (bicyclic) bond motifs is 6. The molecule has 0 spiro atoms. The van der Waals surface area contributed by atoms with E-state index in [0.717, 1.165) is 5.69 Å². The van der Waals surface area contributed by atoms with Crippen LogP contribution in [0.15, 0.2) is 158 Å². The van der Waals surface area contributed by atoms with Crippen molar-refractivity contribution in [2.45, 2.75) is 40.0 Å². The van der Waals surface area contributed by atoms with Crippen molar-refractivity contribution < 1.29 is 0 Å². The fourth-order valence-electron chi connectivity index (χ4n) is 7.83. The quantitative estimate of drug-likeness (QED) is 0.178. The number of benzene rings is 8. The number of rotatable bonds is 5. The van der Waals surface area contributed by atoms with Crippen molar-refractivity contribution >= 4 is 38.6 Å². The predicted octanol–water partition coefficient (Wildman–Crippen LogP) is 14.4. The molecule has 0 bridgehead atoms. The Morgan fingerprint density at radius 3 is 1.53 bits per heavy atom. The summed E-state index contributed by atoms with van der Waals surface area (Å²) in [5.74, 6) is 0. The molecule has 0 saturated heterocycles. The summed E-state index contributed by atoms with van der Waals surface area (Å²) in [6.45, 7) is 11.2. The van der Waals surface area contributed by atoms with Gasteiger partial charge in [0.1, 0.15) is 0 Å². The Kier molecular flexibility index (Phi) is 7.22. The van der Waals surface area contributed by atoms with Crippen LogP contribution in [0.5, 0.6) is 0 Å². The third-order valence-corrected chi connectivity index (χ3v) is 10.8. The van der Waals surface area contributed by atoms with E-state index in [1.54, 1.807) is 0 Å². The van der Waals surface area contributed by atoms with Crippen LogP contribution in [0, 0.1) is 13.8 Å². The van der Waals surface area contributed by atoms with Crippen LogP contribution in [-0.2, 0) is 5.41 Å². The molecule has 51 heavy (non-hydrogen) atoms. The van der Waals surface area contributed by atoms with Crippen molar-refractivity contribution in [3.63, 3.8) is 0 Å². The summed E-state index contributed by atoms with van der Waals surface area (Å²) < 4.78 is 0. The van der Waals surface area contributed by atoms with Crippen LogP contribution in [0.1, 0.15) is 37.5 Å². The lowest BCUT2D eigenvalue weighted by Crippen LogP contribution is -2.12. The summed E-state index contributed by atoms with van der Waals surface area (Å²) in [6.07, 6.45) is 0. The van der Waals surface area contributed by atoms with Crippen molar-refractivity contribution in [1.82, 2.24) is 0 Å². The van der Waals surface area contributed by atoms with E-state index in [1.807, 2.05) is 0 Å². The molecule has 0 radical (unpaired) electrons. The van der Waals surface area contributed by atoms with Crippen molar-refractivity contribution in [2.75, 3.05) is 4.90 Å². The van der Waals surface area contributed by atoms with Gasteiger partial charge in [-0.25, -0.2) is 0 Å². The van der Waals surface area contributed by atoms with Crippen molar-refractivity contribution in [1.29, 1.82) is 0 Å². The molecule has 246 valence electrons. The third-order valence-electron chi connectivity index (χ3n) is 10.8. The minimum Gasteiger partial charge on any atom is -0.310 e. The standard InChI is InChI=1S/C50H41N/c1-32-11-9-10-14-48(32)51(49-24-20-36(25-33(49)2)34-12-7-6-8-13-34)43-23-19-39-29-45-46-30-40-26-37(35-17-21-42(22-18-35)50(3,4)5)15-16-38(40)28-44(46)47(45)31-41(39)27-43/h6-31H,1-5H3. The number of aryl methyl sites for hydroxylation is 2. The maximum atomic E-state index is 2.42. The second-order valence-corrected chi connectivity index (χ2v) is 15.2. The van der Waals surface area contributed by atoms with Crippen LogP contribution in [0.4, 0.5) is 17.1 Å². The molecular weight excluding hydrogens is 615 g/mol. The van der Waals surface area contributed by atoms with Gasteiger partial charge in [-0.1, -0.05) is 118 Å². The Labute approximate surface area is 301 Å². The van der Waals surface area contributed by atoms with E-state index in [-0.39, 0.29) is 5.41 Å². The van der Waals surface area contributed by atoms with E-state index in [4.69, 9.17) is 0 Å². The predicted molar refractivity (Wildman–Crippen MR) is 220 cm³/mol. The molecule has 0 saturated carbocycles. The fourth-order valence-corrected chi connectivity index (χ4v) is 7.83. The van der Waals surface area contributed by atoms with Gasteiger partial charge in [-0.2, -0.15) is 0 Å². The SMILES string of the molecule is Cc1ccccc1N(c1ccc2cc3c(cc2c1)-c1cc2ccc(-c4ccc(C(C)(C)C)cc4)cc2cc1-3)c1ccc(-c2ccccc2)cc1C. The van der Waals surface area contributed by atoms with Crippen LogP contribution in [0.25, 0.3) is 66.1 Å². The monoisotopic (exact) mass is 655 g/mol. The van der Waals surface area contributed by atoms with Crippen LogP contribution in [0.2, 0.25) is 0 Å². The summed E-state index contributed by atoms with van der Waals surface area (Å²) >= 11 is 0. The van der Waals surface area contributed by atoms with Gasteiger partial charge < -0.3 is 4.90 Å². The molecule has 8 aromatic rings. The molecule has 1 aliphatic rings. The first-order chi connectivity index (χ1) is 24.7. The number of hydrogen-bond donors (Lipinski definition) is 0. The molecule has 0 aromatic heterocycles. The van der Waals surface area contributed by atoms with Crippen LogP contribution >= 0.6 is 0 Å². The summed E-state index contributed by atoms with van der Waals surface area (Å²) in [5.41, 5.74) is 17.9. The molecule has 9 rings (SSSR count). The zero-order chi connectivity index (χ0) is 34.9. The molecular formula is C50H41N. The highest BCUT2D eigenvalue weighted by atomic mass is 15.1. The molecule has 0 atom stereocenters. The van der Waals surface area contributed by atoms with E-state index in [1.165, 1.54) is 94.1 Å². The maximum Gasteiger partial charge on any atom is 0.0491 e. The van der Waals surface area contributed by atoms with E-state index in [0.29, 0.717) is 0 Å². The molecule has 1 aliphatic carbocycles. The molecule has 0 aliphatic heterocycles. The second-order valence-electron chi connectivity index (χ2n) is 15.2. The van der Waals surface area contributed by atoms with Gasteiger partial charge in [0.05, 0.1) is 0 Å². The second kappa shape index (κ2) is 11.9. The Hall–Kier alpha value is -5.92. The lowest BCUT2D eigenvalue weighted by atomic mass is 9.77. The highest BCUT2D eigenvalue weighted by molar-refractivity contribution is 6.12. The van der Waals surface area contributed by atoms with Gasteiger partial charge in [0.2, 0.25) is 0 Å². The van der Waals surface area contributed by atoms with Crippen molar-refractivity contribution in [2.24, 2.45) is 0 Å². The molecule has 0 fully saturated rings. The van der Waals surface area contributed by atoms with E-state index in [9.17, 15) is 0 Å². The zero-order valence-corrected chi connectivity index (χ0v) is 30.0. The topological polar surface area (TPSA) is 3.24 Å². The minimum atomic E-state index is 0.151. The number of nitrogens with zero attached hydrogens (tertiary/aromatic N) is 1. The van der Waals surface area contributed by atoms with Gasteiger partial charge in [-0.05, 0) is 163 Å². The van der Waals surface area contributed by atoms with E-state index in [2.05, 4.69) is 197 Å². The number of anilines is 3. The lowest BCUT2D eigenvalue weighted by molar-refractivity contribution is 0.590. The van der Waals surface area contributed by atoms with Crippen LogP contribution in [0.3, 0.4) is 0 Å². The average Bonchev–Trinajstić information content (AvgIpc) is 3.14. The Balaban J connectivity index is 1.09. The minimum absolute atomic E-state index is 0.151. The third kappa shape index (κ3) is 5.41. The van der Waals surface area contributed by atoms with Gasteiger partial charge in [0.15, 0.2) is 0 Å². The fraction of sp³-hybridized carbons (Fsp3) is 0.120. The molecule has 8 aromatic carbocycles. The van der Waals surface area contributed by atoms with Gasteiger partial charge >= 0.3 is 0 Å². The molecule has 0 amide bonds. The maximum absolute atomic E-state index is 2.42. The van der Waals surface area contributed by atoms with Gasteiger partial charge in [-0.3, -0.25) is 0 Å². The highest BCUT2D eigenvalue weighted by Gasteiger charge is 2.25. The van der Waals surface area contributed by atoms with Crippen LogP contribution < -0.4 is 4.90 Å². The van der Waals surface area contributed by atoms with Gasteiger partial charge in [0, 0.05) is 17.1 Å². The number of hydrogen-bond acceptors (Lipinski definition) is 1. The van der Waals surface area contributed by atoms with Crippen LogP contribution in [-0.4, -0.2) is 0 Å². The smallest absolute Gasteiger partial charge is 0.0491 e. The van der Waals surface area contributed by atoms with Gasteiger partial charge in [-0.15, -0.1) is 0 Å². The van der Waals surface area contributed by atoms with Crippen molar-refractivity contribution in [3.05, 3.63) is 174 Å². The Morgan fingerprint density at radius 2 is 0.882 bits per heavy atom. The normalized spacial score (nSPS) is 12.0. The molecule has 0 heterocycles. The summed E-state index contributed by atoms with van der Waals surface area (Å²) in [5, 5.41) is 5.08. The summed E-state index contributed by atoms with van der Waals surface area (Å²) in [4.78, 5) is 2.42. The average molecular weight is 656 g/mol. The first-order valence-corrected chi connectivity index (χ1v) is 18.0. The molecule has 0 N–H and O–H groups in total. The van der Waals surface area contributed by atoms with E-state index >= 15 is 0 Å². The van der Waals surface area contributed by atoms with Crippen molar-refractivity contribution in [3.8, 4) is 44.5 Å². The highest BCUT2D eigenvalue weighted by Crippen LogP contribution is 2.51. The molecule has 0 unspecified atom stereocenters. The first kappa shape index (κ1) is 31.1. The zero-order valence-electron chi connectivity index (χ0n) is 30.0. The largest absolute Gasteiger partial charge is 0.310 e. The summed E-state index contributed by atoms with van der Waals surface area (Å²) in [6, 6.07) is 58.6. The first-order valence-electron chi connectivity index (χ1n) is 18.0. The molecule has 1 nitrogen and oxygen atoms in total. The Bertz CT molecular complexity index is 2620. The number of para-hydroxylation sites is 1. The summed E-state index contributed by atoms with van der Waals surface area (Å²) in [7, 11) is 0.